The number of hydrogen-bond donors (Lipinski definition) is 3. The van der Waals surface area contributed by atoms with Crippen molar-refractivity contribution in [3.8, 4) is 0 Å². The van der Waals surface area contributed by atoms with E-state index in [4.69, 9.17) is 14.7 Å². The van der Waals surface area contributed by atoms with Crippen molar-refractivity contribution in [1.82, 2.24) is 20.3 Å². The second kappa shape index (κ2) is 12.1. The Balaban J connectivity index is 1.23. The maximum absolute atomic E-state index is 13.5. The van der Waals surface area contributed by atoms with Crippen LogP contribution in [0.4, 0.5) is 22.5 Å². The highest BCUT2D eigenvalue weighted by Gasteiger charge is 2.27. The Morgan fingerprint density at radius 3 is 2.61 bits per heavy atom. The molecule has 0 bridgehead atoms. The standard InChI is InChI=1S/C28H36N8O4S/c1-18(27(38)39)29-19-8-11-36(17-19)23-7-5-6-20(30-23)26(37)31-21-16-22-24(32-25(21)34-9-3-2-4-10-34)33-28(41-22)35-12-14-40-15-13-35/h5-7,16,18-19,29H,2-4,8-15,17H2,1H3,(H,31,37)(H,38,39). The number of anilines is 4. The fourth-order valence-corrected chi connectivity index (χ4v) is 6.61. The van der Waals surface area contributed by atoms with Crippen LogP contribution in [0.2, 0.25) is 0 Å². The number of morpholine rings is 1. The number of thiazole rings is 1. The highest BCUT2D eigenvalue weighted by molar-refractivity contribution is 7.22. The third-order valence-corrected chi connectivity index (χ3v) is 8.92. The molecule has 0 spiro atoms. The van der Waals surface area contributed by atoms with Crippen LogP contribution in [0.25, 0.3) is 10.3 Å². The number of aliphatic carboxylic acids is 1. The van der Waals surface area contributed by atoms with Gasteiger partial charge in [0.2, 0.25) is 0 Å². The van der Waals surface area contributed by atoms with Crippen molar-refractivity contribution >= 4 is 56.0 Å². The van der Waals surface area contributed by atoms with Crippen LogP contribution < -0.4 is 25.3 Å². The maximum atomic E-state index is 13.5. The van der Waals surface area contributed by atoms with Gasteiger partial charge in [-0.15, -0.1) is 0 Å². The van der Waals surface area contributed by atoms with Gasteiger partial charge in [0.05, 0.1) is 23.6 Å². The van der Waals surface area contributed by atoms with Gasteiger partial charge in [-0.05, 0) is 50.8 Å². The van der Waals surface area contributed by atoms with E-state index in [0.717, 1.165) is 67.6 Å². The van der Waals surface area contributed by atoms with Gasteiger partial charge in [-0.3, -0.25) is 9.59 Å². The summed E-state index contributed by atoms with van der Waals surface area (Å²) in [5.41, 5.74) is 1.69. The van der Waals surface area contributed by atoms with Crippen molar-refractivity contribution in [2.24, 2.45) is 0 Å². The zero-order valence-electron chi connectivity index (χ0n) is 23.2. The fraction of sp³-hybridized carbons (Fsp3) is 0.536. The molecule has 0 aromatic carbocycles. The minimum absolute atomic E-state index is 0.0482. The number of pyridine rings is 2. The zero-order valence-corrected chi connectivity index (χ0v) is 24.0. The van der Waals surface area contributed by atoms with Crippen LogP contribution in [0.5, 0.6) is 0 Å². The van der Waals surface area contributed by atoms with E-state index < -0.39 is 12.0 Å². The number of carbonyl (C=O) groups excluding carboxylic acids is 1. The van der Waals surface area contributed by atoms with Crippen LogP contribution in [-0.4, -0.2) is 96.5 Å². The van der Waals surface area contributed by atoms with Crippen LogP contribution in [0.15, 0.2) is 24.3 Å². The molecule has 3 aromatic heterocycles. The first kappa shape index (κ1) is 27.6. The Morgan fingerprint density at radius 2 is 1.83 bits per heavy atom. The molecule has 2 atom stereocenters. The third-order valence-electron chi connectivity index (χ3n) is 7.87. The lowest BCUT2D eigenvalue weighted by Gasteiger charge is -2.29. The lowest BCUT2D eigenvalue weighted by molar-refractivity contribution is -0.139. The molecule has 3 fully saturated rings. The molecule has 3 aliphatic heterocycles. The first-order valence-corrected chi connectivity index (χ1v) is 15.2. The molecule has 6 rings (SSSR count). The number of amides is 1. The summed E-state index contributed by atoms with van der Waals surface area (Å²) in [4.78, 5) is 45.8. The van der Waals surface area contributed by atoms with Gasteiger partial charge >= 0.3 is 5.97 Å². The summed E-state index contributed by atoms with van der Waals surface area (Å²) in [6, 6.07) is 6.86. The molecule has 13 heteroatoms. The van der Waals surface area contributed by atoms with Gasteiger partial charge in [0.15, 0.2) is 16.6 Å². The molecule has 12 nitrogen and oxygen atoms in total. The first-order chi connectivity index (χ1) is 19.9. The smallest absolute Gasteiger partial charge is 0.320 e. The van der Waals surface area contributed by atoms with Crippen LogP contribution >= 0.6 is 11.3 Å². The number of nitrogens with zero attached hydrogens (tertiary/aromatic N) is 6. The summed E-state index contributed by atoms with van der Waals surface area (Å²) in [5.74, 6) is 0.291. The third kappa shape index (κ3) is 6.21. The van der Waals surface area contributed by atoms with Crippen molar-refractivity contribution in [2.75, 3.05) is 72.5 Å². The summed E-state index contributed by atoms with van der Waals surface area (Å²) >= 11 is 1.58. The number of piperidine rings is 1. The predicted octanol–water partition coefficient (Wildman–Crippen LogP) is 2.81. The number of carbonyl (C=O) groups is 2. The van der Waals surface area contributed by atoms with Gasteiger partial charge in [-0.1, -0.05) is 17.4 Å². The van der Waals surface area contributed by atoms with Gasteiger partial charge < -0.3 is 35.2 Å². The van der Waals surface area contributed by atoms with Gasteiger partial charge in [0.1, 0.15) is 17.6 Å². The minimum Gasteiger partial charge on any atom is -0.480 e. The summed E-state index contributed by atoms with van der Waals surface area (Å²) < 4.78 is 6.43. The fourth-order valence-electron chi connectivity index (χ4n) is 5.61. The molecule has 2 unspecified atom stereocenters. The van der Waals surface area contributed by atoms with E-state index in [-0.39, 0.29) is 11.9 Å². The van der Waals surface area contributed by atoms with Crippen LogP contribution in [-0.2, 0) is 9.53 Å². The lowest BCUT2D eigenvalue weighted by Crippen LogP contribution is -2.42. The van der Waals surface area contributed by atoms with E-state index in [0.29, 0.717) is 42.6 Å². The van der Waals surface area contributed by atoms with Gasteiger partial charge in [-0.2, -0.15) is 4.98 Å². The molecule has 1 amide bonds. The number of rotatable bonds is 8. The number of aromatic nitrogens is 3. The molecule has 0 radical (unpaired) electrons. The van der Waals surface area contributed by atoms with E-state index in [2.05, 4.69) is 30.3 Å². The van der Waals surface area contributed by atoms with Crippen LogP contribution in [0.3, 0.4) is 0 Å². The Kier molecular flexibility index (Phi) is 8.17. The Bertz CT molecular complexity index is 1400. The summed E-state index contributed by atoms with van der Waals surface area (Å²) in [5, 5.41) is 16.4. The second-order valence-corrected chi connectivity index (χ2v) is 11.8. The average Bonchev–Trinajstić information content (AvgIpc) is 3.64. The van der Waals surface area contributed by atoms with Crippen molar-refractivity contribution in [3.63, 3.8) is 0 Å². The molecule has 6 heterocycles. The molecule has 41 heavy (non-hydrogen) atoms. The maximum Gasteiger partial charge on any atom is 0.320 e. The predicted molar refractivity (Wildman–Crippen MR) is 160 cm³/mol. The normalized spacial score (nSPS) is 20.4. The molecule has 3 N–H and O–H groups in total. The second-order valence-electron chi connectivity index (χ2n) is 10.8. The monoisotopic (exact) mass is 580 g/mol. The molecule has 0 aliphatic carbocycles. The van der Waals surface area contributed by atoms with Crippen molar-refractivity contribution in [2.45, 2.75) is 44.7 Å². The van der Waals surface area contributed by atoms with E-state index in [9.17, 15) is 14.7 Å². The molecule has 3 saturated heterocycles. The van der Waals surface area contributed by atoms with Crippen LogP contribution in [0.1, 0.15) is 43.1 Å². The lowest BCUT2D eigenvalue weighted by atomic mass is 10.1. The van der Waals surface area contributed by atoms with E-state index in [1.165, 1.54) is 6.42 Å². The SMILES string of the molecule is CC(NC1CCN(c2cccc(C(=O)Nc3cc4sc(N5CCOCC5)nc4nc3N3CCCCC3)n2)C1)C(=O)O. The number of carboxylic acids is 1. The molecular weight excluding hydrogens is 544 g/mol. The highest BCUT2D eigenvalue weighted by Crippen LogP contribution is 2.35. The Morgan fingerprint density at radius 1 is 1.02 bits per heavy atom. The number of hydrogen-bond acceptors (Lipinski definition) is 11. The molecule has 0 saturated carbocycles. The number of fused-ring (bicyclic) bond motifs is 1. The van der Waals surface area contributed by atoms with Crippen molar-refractivity contribution < 1.29 is 19.4 Å². The molecule has 218 valence electrons. The van der Waals surface area contributed by atoms with Crippen LogP contribution in [0, 0.1) is 0 Å². The van der Waals surface area contributed by atoms with Gasteiger partial charge in [0.25, 0.3) is 5.91 Å². The quantitative estimate of drug-likeness (QED) is 0.363. The number of carboxylic acid groups (broad SMARTS) is 1. The highest BCUT2D eigenvalue weighted by atomic mass is 32.1. The minimum atomic E-state index is -0.868. The number of nitrogens with one attached hydrogen (secondary N) is 2. The van der Waals surface area contributed by atoms with E-state index >= 15 is 0 Å². The first-order valence-electron chi connectivity index (χ1n) is 14.4. The van der Waals surface area contributed by atoms with Gasteiger partial charge in [0, 0.05) is 45.3 Å². The summed E-state index contributed by atoms with van der Waals surface area (Å²) in [6.07, 6.45) is 4.17. The zero-order chi connectivity index (χ0) is 28.3. The summed E-state index contributed by atoms with van der Waals surface area (Å²) in [6.45, 7) is 7.77. The molecular formula is C28H36N8O4S. The van der Waals surface area contributed by atoms with E-state index in [1.807, 2.05) is 18.2 Å². The van der Waals surface area contributed by atoms with Crippen molar-refractivity contribution in [3.05, 3.63) is 30.0 Å². The topological polar surface area (TPSA) is 136 Å². The Hall–Kier alpha value is -3.55. The number of ether oxygens (including phenoxy) is 1. The largest absolute Gasteiger partial charge is 0.480 e. The molecule has 3 aliphatic rings. The molecule has 3 aromatic rings. The van der Waals surface area contributed by atoms with E-state index in [1.54, 1.807) is 24.3 Å². The van der Waals surface area contributed by atoms with Crippen molar-refractivity contribution in [1.29, 1.82) is 0 Å². The average molecular weight is 581 g/mol. The summed E-state index contributed by atoms with van der Waals surface area (Å²) in [7, 11) is 0. The Labute approximate surface area is 242 Å². The van der Waals surface area contributed by atoms with Gasteiger partial charge in [-0.25, -0.2) is 9.97 Å².